The van der Waals surface area contributed by atoms with Crippen LogP contribution in [0.25, 0.3) is 0 Å². The van der Waals surface area contributed by atoms with E-state index in [0.29, 0.717) is 10.6 Å². The molecule has 0 aliphatic heterocycles. The van der Waals surface area contributed by atoms with E-state index < -0.39 is 34.3 Å². The normalized spacial score (nSPS) is 14.4. The van der Waals surface area contributed by atoms with Gasteiger partial charge in [-0.2, -0.15) is 0 Å². The second-order valence-corrected chi connectivity index (χ2v) is 12.9. The van der Waals surface area contributed by atoms with Crippen LogP contribution in [0.4, 0.5) is 10.1 Å². The van der Waals surface area contributed by atoms with E-state index in [-0.39, 0.29) is 35.6 Å². The van der Waals surface area contributed by atoms with Gasteiger partial charge in [-0.05, 0) is 48.2 Å². The van der Waals surface area contributed by atoms with Crippen LogP contribution in [-0.4, -0.2) is 50.0 Å². The highest BCUT2D eigenvalue weighted by Crippen LogP contribution is 2.26. The smallest absolute Gasteiger partial charge is 0.244 e. The van der Waals surface area contributed by atoms with Crippen molar-refractivity contribution in [1.82, 2.24) is 10.2 Å². The van der Waals surface area contributed by atoms with Crippen molar-refractivity contribution in [2.75, 3.05) is 17.1 Å². The zero-order valence-corrected chi connectivity index (χ0v) is 24.9. The van der Waals surface area contributed by atoms with E-state index in [0.717, 1.165) is 53.9 Å². The fourth-order valence-corrected chi connectivity index (χ4v) is 6.20. The molecule has 1 saturated carbocycles. The maximum Gasteiger partial charge on any atom is 0.244 e. The summed E-state index contributed by atoms with van der Waals surface area (Å²) in [6.45, 7) is -0.664. The third-order valence-corrected chi connectivity index (χ3v) is 8.94. The molecule has 1 N–H and O–H groups in total. The summed E-state index contributed by atoms with van der Waals surface area (Å²) in [4.78, 5) is 29.3. The molecule has 2 amide bonds. The molecule has 0 radical (unpaired) electrons. The highest BCUT2D eigenvalue weighted by molar-refractivity contribution is 7.92. The minimum absolute atomic E-state index is 0.00640. The Bertz CT molecular complexity index is 1480. The van der Waals surface area contributed by atoms with E-state index in [4.69, 9.17) is 23.2 Å². The Labute approximate surface area is 250 Å². The molecule has 41 heavy (non-hydrogen) atoms. The van der Waals surface area contributed by atoms with Crippen LogP contribution in [0.2, 0.25) is 10.0 Å². The van der Waals surface area contributed by atoms with E-state index in [1.807, 2.05) is 30.3 Å². The zero-order valence-electron chi connectivity index (χ0n) is 22.6. The van der Waals surface area contributed by atoms with Crippen LogP contribution in [0.5, 0.6) is 0 Å². The van der Waals surface area contributed by atoms with Crippen molar-refractivity contribution in [3.63, 3.8) is 0 Å². The molecule has 0 aromatic heterocycles. The third-order valence-electron chi connectivity index (χ3n) is 7.14. The topological polar surface area (TPSA) is 86.8 Å². The number of nitrogens with zero attached hydrogens (tertiary/aromatic N) is 2. The molecular formula is C30H32Cl2FN3O4S. The highest BCUT2D eigenvalue weighted by Gasteiger charge is 2.34. The van der Waals surface area contributed by atoms with Crippen molar-refractivity contribution in [2.45, 2.75) is 50.7 Å². The van der Waals surface area contributed by atoms with Crippen molar-refractivity contribution < 1.29 is 22.4 Å². The number of rotatable bonds is 11. The molecular weight excluding hydrogens is 588 g/mol. The van der Waals surface area contributed by atoms with Gasteiger partial charge < -0.3 is 10.2 Å². The summed E-state index contributed by atoms with van der Waals surface area (Å²) in [6, 6.07) is 18.8. The molecule has 4 rings (SSSR count). The summed E-state index contributed by atoms with van der Waals surface area (Å²) < 4.78 is 40.4. The number of benzene rings is 3. The van der Waals surface area contributed by atoms with Gasteiger partial charge in [0.1, 0.15) is 18.4 Å². The highest BCUT2D eigenvalue weighted by atomic mass is 35.5. The molecule has 1 aliphatic rings. The Morgan fingerprint density at radius 2 is 1.63 bits per heavy atom. The molecule has 1 aliphatic carbocycles. The van der Waals surface area contributed by atoms with Crippen LogP contribution >= 0.6 is 23.2 Å². The Balaban J connectivity index is 1.74. The van der Waals surface area contributed by atoms with Crippen LogP contribution in [0.1, 0.15) is 36.8 Å². The van der Waals surface area contributed by atoms with Gasteiger partial charge in [0.05, 0.1) is 17.0 Å². The maximum atomic E-state index is 14.1. The second kappa shape index (κ2) is 13.7. The Morgan fingerprint density at radius 1 is 0.976 bits per heavy atom. The minimum Gasteiger partial charge on any atom is -0.352 e. The van der Waals surface area contributed by atoms with E-state index in [1.165, 1.54) is 11.0 Å². The van der Waals surface area contributed by atoms with Gasteiger partial charge in [0, 0.05) is 24.0 Å². The third kappa shape index (κ3) is 8.21. The van der Waals surface area contributed by atoms with E-state index in [9.17, 15) is 22.4 Å². The fourth-order valence-electron chi connectivity index (χ4n) is 4.99. The molecule has 11 heteroatoms. The van der Waals surface area contributed by atoms with Gasteiger partial charge in [0.15, 0.2) is 0 Å². The van der Waals surface area contributed by atoms with Gasteiger partial charge in [0.25, 0.3) is 0 Å². The number of nitrogens with one attached hydrogen (secondary N) is 1. The Kier molecular flexibility index (Phi) is 10.3. The molecule has 3 aromatic rings. The van der Waals surface area contributed by atoms with E-state index in [1.54, 1.807) is 24.3 Å². The monoisotopic (exact) mass is 619 g/mol. The minimum atomic E-state index is -4.00. The molecule has 0 bridgehead atoms. The molecule has 3 aromatic carbocycles. The Morgan fingerprint density at radius 3 is 2.27 bits per heavy atom. The second-order valence-electron chi connectivity index (χ2n) is 10.2. The maximum absolute atomic E-state index is 14.1. The first-order valence-corrected chi connectivity index (χ1v) is 15.9. The predicted molar refractivity (Wildman–Crippen MR) is 160 cm³/mol. The van der Waals surface area contributed by atoms with Crippen LogP contribution in [0.3, 0.4) is 0 Å². The van der Waals surface area contributed by atoms with Gasteiger partial charge >= 0.3 is 0 Å². The van der Waals surface area contributed by atoms with Gasteiger partial charge in [0.2, 0.25) is 21.8 Å². The summed E-state index contributed by atoms with van der Waals surface area (Å²) in [5.74, 6) is -1.67. The number of sulfonamides is 1. The molecule has 218 valence electrons. The van der Waals surface area contributed by atoms with Crippen molar-refractivity contribution in [1.29, 1.82) is 0 Å². The van der Waals surface area contributed by atoms with E-state index in [2.05, 4.69) is 5.32 Å². The van der Waals surface area contributed by atoms with Crippen LogP contribution in [0.15, 0.2) is 72.8 Å². The van der Waals surface area contributed by atoms with Gasteiger partial charge in [-0.15, -0.1) is 0 Å². The van der Waals surface area contributed by atoms with Crippen LogP contribution < -0.4 is 9.62 Å². The first-order chi connectivity index (χ1) is 19.5. The first kappa shape index (κ1) is 30.8. The quantitative estimate of drug-likeness (QED) is 0.303. The van der Waals surface area contributed by atoms with Crippen molar-refractivity contribution >= 4 is 50.7 Å². The van der Waals surface area contributed by atoms with Gasteiger partial charge in [-0.1, -0.05) is 84.6 Å². The van der Waals surface area contributed by atoms with Crippen molar-refractivity contribution in [3.8, 4) is 0 Å². The average molecular weight is 621 g/mol. The largest absolute Gasteiger partial charge is 0.352 e. The lowest BCUT2D eigenvalue weighted by atomic mass is 10.0. The molecule has 0 spiro atoms. The summed E-state index contributed by atoms with van der Waals surface area (Å²) in [5, 5.41) is 3.23. The first-order valence-electron chi connectivity index (χ1n) is 13.3. The van der Waals surface area contributed by atoms with Gasteiger partial charge in [-0.3, -0.25) is 13.9 Å². The van der Waals surface area contributed by atoms with E-state index >= 15 is 0 Å². The van der Waals surface area contributed by atoms with Crippen LogP contribution in [0, 0.1) is 5.82 Å². The SMILES string of the molecule is CS(=O)(=O)N(CC(=O)N(Cc1ccccc1Cl)[C@@H](Cc1ccccc1)C(=O)NC1CCCC1)c1ccc(F)c(Cl)c1. The summed E-state index contributed by atoms with van der Waals surface area (Å²) in [7, 11) is -4.00. The number of carbonyl (C=O) groups is 2. The molecule has 0 heterocycles. The number of amides is 2. The van der Waals surface area contributed by atoms with Crippen molar-refractivity contribution in [3.05, 3.63) is 99.8 Å². The molecule has 0 unspecified atom stereocenters. The van der Waals surface area contributed by atoms with Gasteiger partial charge in [-0.25, -0.2) is 12.8 Å². The lowest BCUT2D eigenvalue weighted by Gasteiger charge is -2.34. The number of hydrogen-bond acceptors (Lipinski definition) is 4. The number of hydrogen-bond donors (Lipinski definition) is 1. The molecule has 1 fully saturated rings. The molecule has 1 atom stereocenters. The average Bonchev–Trinajstić information content (AvgIpc) is 3.44. The predicted octanol–water partition coefficient (Wildman–Crippen LogP) is 5.60. The lowest BCUT2D eigenvalue weighted by molar-refractivity contribution is -0.140. The standard InChI is InChI=1S/C30H32Cl2FN3O4S/c1-41(39,40)36(24-15-16-27(33)26(32)18-24)20-29(37)35(19-22-11-5-8-14-25(22)31)28(17-21-9-3-2-4-10-21)30(38)34-23-12-6-7-13-23/h2-5,8-11,14-16,18,23,28H,6-7,12-13,17,19-20H2,1H3,(H,34,38)/t28-/m0/s1. The number of carbonyl (C=O) groups excluding carboxylic acids is 2. The summed E-state index contributed by atoms with van der Waals surface area (Å²) in [5.41, 5.74) is 1.46. The van der Waals surface area contributed by atoms with Crippen molar-refractivity contribution in [2.24, 2.45) is 0 Å². The number of anilines is 1. The fraction of sp³-hybridized carbons (Fsp3) is 0.333. The summed E-state index contributed by atoms with van der Waals surface area (Å²) >= 11 is 12.4. The molecule has 7 nitrogen and oxygen atoms in total. The number of halogens is 3. The zero-order chi connectivity index (χ0) is 29.6. The summed E-state index contributed by atoms with van der Waals surface area (Å²) in [6.07, 6.45) is 4.89. The molecule has 0 saturated heterocycles. The Hall–Kier alpha value is -3.14. The lowest BCUT2D eigenvalue weighted by Crippen LogP contribution is -2.54. The van der Waals surface area contributed by atoms with Crippen LogP contribution in [-0.2, 0) is 32.6 Å².